The minimum absolute atomic E-state index is 0.166. The Morgan fingerprint density at radius 3 is 2.39 bits per heavy atom. The van der Waals surface area contributed by atoms with Crippen LogP contribution in [-0.2, 0) is 24.2 Å². The second kappa shape index (κ2) is 10.2. The number of carbonyl (C=O) groups excluding carboxylic acids is 2. The summed E-state index contributed by atoms with van der Waals surface area (Å²) in [5.41, 5.74) is 4.87. The summed E-state index contributed by atoms with van der Waals surface area (Å²) in [7, 11) is 0. The first-order chi connectivity index (χ1) is 15.1. The smallest absolute Gasteiger partial charge is 0.219 e. The van der Waals surface area contributed by atoms with Gasteiger partial charge < -0.3 is 4.90 Å². The number of likely N-dealkylation sites (tertiary alicyclic amines) is 1. The fourth-order valence-corrected chi connectivity index (χ4v) is 4.87. The monoisotopic (exact) mass is 419 g/mol. The Morgan fingerprint density at radius 1 is 0.968 bits per heavy atom. The van der Waals surface area contributed by atoms with Crippen LogP contribution in [-0.4, -0.2) is 52.7 Å². The van der Waals surface area contributed by atoms with E-state index in [9.17, 15) is 9.59 Å². The summed E-state index contributed by atoms with van der Waals surface area (Å²) >= 11 is 0. The van der Waals surface area contributed by atoms with Crippen molar-refractivity contribution in [3.63, 3.8) is 0 Å². The van der Waals surface area contributed by atoms with E-state index in [-0.39, 0.29) is 11.7 Å². The first kappa shape index (κ1) is 21.7. The molecule has 0 saturated carbocycles. The van der Waals surface area contributed by atoms with Gasteiger partial charge in [-0.15, -0.1) is 0 Å². The number of nitrogens with zero attached hydrogens (tertiary/aromatic N) is 3. The molecule has 1 amide bonds. The van der Waals surface area contributed by atoms with Crippen molar-refractivity contribution in [2.75, 3.05) is 26.2 Å². The molecule has 0 radical (unpaired) electrons. The lowest BCUT2D eigenvalue weighted by Crippen LogP contribution is -2.37. The maximum atomic E-state index is 12.9. The summed E-state index contributed by atoms with van der Waals surface area (Å²) in [6, 6.07) is 10.5. The Morgan fingerprint density at radius 2 is 1.68 bits per heavy atom. The molecule has 5 heteroatoms. The molecule has 5 nitrogen and oxygen atoms in total. The van der Waals surface area contributed by atoms with E-state index in [1.165, 1.54) is 16.7 Å². The van der Waals surface area contributed by atoms with Crippen molar-refractivity contribution < 1.29 is 9.59 Å². The summed E-state index contributed by atoms with van der Waals surface area (Å²) in [6.45, 7) is 6.32. The van der Waals surface area contributed by atoms with E-state index in [2.05, 4.69) is 34.1 Å². The number of ketones is 1. The fraction of sp³-hybridized carbons (Fsp3) is 0.500. The van der Waals surface area contributed by atoms with Crippen LogP contribution in [0.4, 0.5) is 0 Å². The topological polar surface area (TPSA) is 53.5 Å². The third-order valence-corrected chi connectivity index (χ3v) is 6.92. The lowest BCUT2D eigenvalue weighted by atomic mass is 9.89. The van der Waals surface area contributed by atoms with Crippen LogP contribution in [0.3, 0.4) is 0 Å². The van der Waals surface area contributed by atoms with Crippen molar-refractivity contribution in [1.82, 2.24) is 14.8 Å². The van der Waals surface area contributed by atoms with Crippen LogP contribution in [0.2, 0.25) is 0 Å². The van der Waals surface area contributed by atoms with Crippen LogP contribution in [0.25, 0.3) is 0 Å². The van der Waals surface area contributed by atoms with E-state index in [1.54, 1.807) is 6.92 Å². The van der Waals surface area contributed by atoms with Gasteiger partial charge in [-0.25, -0.2) is 0 Å². The predicted octanol–water partition coefficient (Wildman–Crippen LogP) is 3.90. The number of piperidine rings is 1. The van der Waals surface area contributed by atoms with E-state index in [1.807, 2.05) is 23.4 Å². The summed E-state index contributed by atoms with van der Waals surface area (Å²) in [5.74, 6) is 0.982. The average molecular weight is 420 g/mol. The van der Waals surface area contributed by atoms with E-state index >= 15 is 0 Å². The quantitative estimate of drug-likeness (QED) is 0.667. The molecule has 0 atom stereocenters. The second-order valence-electron chi connectivity index (χ2n) is 9.03. The number of benzene rings is 1. The van der Waals surface area contributed by atoms with Crippen molar-refractivity contribution in [3.05, 3.63) is 65.0 Å². The molecule has 1 saturated heterocycles. The Bertz CT molecular complexity index is 904. The van der Waals surface area contributed by atoms with Crippen LogP contribution in [0.15, 0.2) is 42.7 Å². The number of Topliss-reactive ketones (excluding diaryl/α,β-unsaturated/α-hetero) is 1. The lowest BCUT2D eigenvalue weighted by Gasteiger charge is -2.31. The maximum absolute atomic E-state index is 12.9. The number of amides is 1. The molecular weight excluding hydrogens is 386 g/mol. The maximum Gasteiger partial charge on any atom is 0.219 e. The molecule has 0 bridgehead atoms. The fourth-order valence-electron chi connectivity index (χ4n) is 4.87. The predicted molar refractivity (Wildman–Crippen MR) is 122 cm³/mol. The molecule has 0 aliphatic carbocycles. The van der Waals surface area contributed by atoms with Gasteiger partial charge in [0.15, 0.2) is 5.78 Å². The number of rotatable bonds is 6. The van der Waals surface area contributed by atoms with E-state index in [0.717, 1.165) is 70.4 Å². The van der Waals surface area contributed by atoms with E-state index < -0.39 is 0 Å². The molecule has 2 aromatic rings. The molecule has 31 heavy (non-hydrogen) atoms. The highest BCUT2D eigenvalue weighted by atomic mass is 16.2. The third kappa shape index (κ3) is 5.79. The Kier molecular flexibility index (Phi) is 7.13. The molecule has 3 heterocycles. The first-order valence-electron chi connectivity index (χ1n) is 11.6. The minimum Gasteiger partial charge on any atom is -0.343 e. The molecule has 0 unspecified atom stereocenters. The highest BCUT2D eigenvalue weighted by Crippen LogP contribution is 2.24. The normalized spacial score (nSPS) is 17.8. The van der Waals surface area contributed by atoms with Gasteiger partial charge in [-0.05, 0) is 72.9 Å². The van der Waals surface area contributed by atoms with Gasteiger partial charge in [0.05, 0.1) is 0 Å². The summed E-state index contributed by atoms with van der Waals surface area (Å²) < 4.78 is 0. The van der Waals surface area contributed by atoms with Crippen LogP contribution in [0, 0.1) is 5.92 Å². The minimum atomic E-state index is 0.166. The zero-order valence-corrected chi connectivity index (χ0v) is 18.6. The zero-order chi connectivity index (χ0) is 21.6. The number of hydrogen-bond donors (Lipinski definition) is 0. The first-order valence-corrected chi connectivity index (χ1v) is 11.6. The van der Waals surface area contributed by atoms with Gasteiger partial charge in [-0.1, -0.05) is 12.1 Å². The molecule has 1 aromatic heterocycles. The Labute approximate surface area is 185 Å². The van der Waals surface area contributed by atoms with Crippen molar-refractivity contribution in [2.24, 2.45) is 5.92 Å². The van der Waals surface area contributed by atoms with Crippen molar-refractivity contribution in [1.29, 1.82) is 0 Å². The van der Waals surface area contributed by atoms with Gasteiger partial charge in [0.2, 0.25) is 5.91 Å². The zero-order valence-electron chi connectivity index (χ0n) is 18.6. The molecule has 2 aliphatic rings. The van der Waals surface area contributed by atoms with Gasteiger partial charge in [-0.3, -0.25) is 19.5 Å². The molecule has 4 rings (SSSR count). The molecule has 2 aliphatic heterocycles. The number of carbonyl (C=O) groups is 2. The van der Waals surface area contributed by atoms with Crippen molar-refractivity contribution >= 4 is 11.7 Å². The number of aromatic nitrogens is 1. The molecule has 1 aromatic carbocycles. The van der Waals surface area contributed by atoms with Gasteiger partial charge in [0.1, 0.15) is 0 Å². The highest BCUT2D eigenvalue weighted by Gasteiger charge is 2.22. The average Bonchev–Trinajstić information content (AvgIpc) is 3.00. The van der Waals surface area contributed by atoms with Gasteiger partial charge >= 0.3 is 0 Å². The van der Waals surface area contributed by atoms with Crippen molar-refractivity contribution in [3.8, 4) is 0 Å². The molecular formula is C26H33N3O2. The highest BCUT2D eigenvalue weighted by molar-refractivity contribution is 5.96. The number of pyridine rings is 1. The van der Waals surface area contributed by atoms with Crippen LogP contribution in [0.1, 0.15) is 59.7 Å². The largest absolute Gasteiger partial charge is 0.343 e. The summed E-state index contributed by atoms with van der Waals surface area (Å²) in [5, 5.41) is 0. The second-order valence-corrected chi connectivity index (χ2v) is 9.03. The molecule has 1 fully saturated rings. The van der Waals surface area contributed by atoms with E-state index in [0.29, 0.717) is 12.3 Å². The Hall–Kier alpha value is -2.53. The van der Waals surface area contributed by atoms with Gasteiger partial charge in [-0.2, -0.15) is 0 Å². The van der Waals surface area contributed by atoms with Crippen molar-refractivity contribution in [2.45, 2.75) is 52.0 Å². The van der Waals surface area contributed by atoms with E-state index in [4.69, 9.17) is 0 Å². The third-order valence-electron chi connectivity index (χ3n) is 6.92. The summed E-state index contributed by atoms with van der Waals surface area (Å²) in [4.78, 5) is 32.8. The SMILES string of the molecule is CC(=O)N1CCC(CCC(=O)c2ccc3c(c2)CCN(Cc2ccncc2)CC3)CC1. The van der Waals surface area contributed by atoms with Crippen LogP contribution >= 0.6 is 0 Å². The van der Waals surface area contributed by atoms with Gasteiger partial charge in [0, 0.05) is 64.0 Å². The standard InChI is InChI=1S/C26H33N3O2/c1-20(30)29-16-8-21(9-17-29)2-5-26(31)25-4-3-23-10-14-28(15-11-24(23)18-25)19-22-6-12-27-13-7-22/h3-4,6-7,12-13,18,21H,2,5,8-11,14-17,19H2,1H3. The van der Waals surface area contributed by atoms with Gasteiger partial charge in [0.25, 0.3) is 0 Å². The van der Waals surface area contributed by atoms with Crippen LogP contribution < -0.4 is 0 Å². The van der Waals surface area contributed by atoms with Crippen LogP contribution in [0.5, 0.6) is 0 Å². The molecule has 0 N–H and O–H groups in total. The Balaban J connectivity index is 1.30. The summed E-state index contributed by atoms with van der Waals surface area (Å²) in [6.07, 6.45) is 9.31. The number of fused-ring (bicyclic) bond motifs is 1. The molecule has 164 valence electrons. The number of hydrogen-bond acceptors (Lipinski definition) is 4. The lowest BCUT2D eigenvalue weighted by molar-refractivity contribution is -0.130. The molecule has 0 spiro atoms.